The molecule has 2 fully saturated rings. The maximum Gasteiger partial charge on any atom is 0.230 e. The molecule has 0 spiro atoms. The van der Waals surface area contributed by atoms with E-state index in [0.29, 0.717) is 6.61 Å². The summed E-state index contributed by atoms with van der Waals surface area (Å²) in [4.78, 5) is 19.0. The smallest absolute Gasteiger partial charge is 0.230 e. The Kier molecular flexibility index (Phi) is 4.27. The van der Waals surface area contributed by atoms with Crippen molar-refractivity contribution in [3.05, 3.63) is 41.5 Å². The van der Waals surface area contributed by atoms with Crippen LogP contribution < -0.4 is 5.32 Å². The molecular formula is C18H22N4O3. The second-order valence-corrected chi connectivity index (χ2v) is 6.87. The summed E-state index contributed by atoms with van der Waals surface area (Å²) in [6.45, 7) is 6.86. The molecule has 1 amide bonds. The van der Waals surface area contributed by atoms with Gasteiger partial charge in [0.2, 0.25) is 5.91 Å². The first-order chi connectivity index (χ1) is 12.1. The molecule has 0 saturated carbocycles. The van der Waals surface area contributed by atoms with Gasteiger partial charge in [0.1, 0.15) is 5.76 Å². The van der Waals surface area contributed by atoms with Gasteiger partial charge in [0, 0.05) is 37.3 Å². The normalized spacial score (nSPS) is 25.9. The molecule has 0 unspecified atom stereocenters. The Morgan fingerprint density at radius 3 is 3.00 bits per heavy atom. The molecule has 0 bridgehead atoms. The van der Waals surface area contributed by atoms with Crippen molar-refractivity contribution in [1.29, 1.82) is 0 Å². The molecule has 2 aromatic rings. The fourth-order valence-electron chi connectivity index (χ4n) is 3.82. The standard InChI is InChI=1S/C18H22N4O3/c1-11-14(12(2)25-21-11)7-22-8-15-16(10-24-17(15)9-22)18(23)20-13-4-3-5-19-6-13/h3-6,15-17H,7-10H2,1-2H3,(H,20,23)/t15-,16+,17-/m0/s1. The van der Waals surface area contributed by atoms with Crippen molar-refractivity contribution in [3.8, 4) is 0 Å². The second kappa shape index (κ2) is 6.57. The summed E-state index contributed by atoms with van der Waals surface area (Å²) in [6.07, 6.45) is 3.46. The van der Waals surface area contributed by atoms with Gasteiger partial charge in [0.25, 0.3) is 0 Å². The zero-order valence-electron chi connectivity index (χ0n) is 14.4. The van der Waals surface area contributed by atoms with Crippen molar-refractivity contribution in [3.63, 3.8) is 0 Å². The second-order valence-electron chi connectivity index (χ2n) is 6.87. The highest BCUT2D eigenvalue weighted by Crippen LogP contribution is 2.35. The number of likely N-dealkylation sites (tertiary alicyclic amines) is 1. The summed E-state index contributed by atoms with van der Waals surface area (Å²) < 4.78 is 11.1. The number of anilines is 1. The number of nitrogens with one attached hydrogen (secondary N) is 1. The van der Waals surface area contributed by atoms with E-state index < -0.39 is 0 Å². The predicted octanol–water partition coefficient (Wildman–Crippen LogP) is 1.77. The minimum atomic E-state index is -0.125. The average molecular weight is 342 g/mol. The third-order valence-corrected chi connectivity index (χ3v) is 5.22. The van der Waals surface area contributed by atoms with E-state index in [9.17, 15) is 4.79 Å². The molecule has 0 aromatic carbocycles. The Balaban J connectivity index is 1.40. The molecule has 132 valence electrons. The maximum absolute atomic E-state index is 12.6. The SMILES string of the molecule is Cc1noc(C)c1CN1C[C@@H]2[C@H](C1)OC[C@H]2C(=O)Nc1cccnc1. The minimum absolute atomic E-state index is 0.0136. The quantitative estimate of drug-likeness (QED) is 0.912. The lowest BCUT2D eigenvalue weighted by molar-refractivity contribution is -0.120. The molecule has 25 heavy (non-hydrogen) atoms. The fraction of sp³-hybridized carbons (Fsp3) is 0.500. The molecule has 3 atom stereocenters. The number of aromatic nitrogens is 2. The largest absolute Gasteiger partial charge is 0.376 e. The number of carbonyl (C=O) groups excluding carboxylic acids is 1. The maximum atomic E-state index is 12.6. The first-order valence-electron chi connectivity index (χ1n) is 8.58. The predicted molar refractivity (Wildman–Crippen MR) is 90.8 cm³/mol. The molecule has 1 N–H and O–H groups in total. The number of fused-ring (bicyclic) bond motifs is 1. The lowest BCUT2D eigenvalue weighted by atomic mass is 9.92. The van der Waals surface area contributed by atoms with E-state index in [1.54, 1.807) is 12.4 Å². The summed E-state index contributed by atoms with van der Waals surface area (Å²) in [5, 5.41) is 6.97. The molecule has 7 heteroatoms. The van der Waals surface area contributed by atoms with Gasteiger partial charge in [-0.25, -0.2) is 0 Å². The Morgan fingerprint density at radius 1 is 1.40 bits per heavy atom. The number of hydrogen-bond donors (Lipinski definition) is 1. The highest BCUT2D eigenvalue weighted by Gasteiger charge is 2.46. The van der Waals surface area contributed by atoms with Crippen molar-refractivity contribution in [2.45, 2.75) is 26.5 Å². The first-order valence-corrected chi connectivity index (χ1v) is 8.58. The van der Waals surface area contributed by atoms with Crippen molar-refractivity contribution >= 4 is 11.6 Å². The minimum Gasteiger partial charge on any atom is -0.376 e. The van der Waals surface area contributed by atoms with Gasteiger partial charge in [-0.3, -0.25) is 14.7 Å². The Hall–Kier alpha value is -2.25. The lowest BCUT2D eigenvalue weighted by Gasteiger charge is -2.19. The molecule has 4 rings (SSSR count). The third kappa shape index (κ3) is 3.17. The Labute approximate surface area is 146 Å². The number of hydrogen-bond acceptors (Lipinski definition) is 6. The molecule has 2 aliphatic rings. The van der Waals surface area contributed by atoms with Crippen LogP contribution in [0.3, 0.4) is 0 Å². The molecular weight excluding hydrogens is 320 g/mol. The zero-order chi connectivity index (χ0) is 17.4. The van der Waals surface area contributed by atoms with Crippen LogP contribution >= 0.6 is 0 Å². The number of pyridine rings is 1. The van der Waals surface area contributed by atoms with Gasteiger partial charge in [0.05, 0.1) is 36.2 Å². The van der Waals surface area contributed by atoms with Gasteiger partial charge < -0.3 is 14.6 Å². The molecule has 2 aromatic heterocycles. The van der Waals surface area contributed by atoms with E-state index in [1.165, 1.54) is 0 Å². The van der Waals surface area contributed by atoms with E-state index in [1.807, 2.05) is 26.0 Å². The Morgan fingerprint density at radius 2 is 2.28 bits per heavy atom. The van der Waals surface area contributed by atoms with E-state index >= 15 is 0 Å². The number of carbonyl (C=O) groups is 1. The van der Waals surface area contributed by atoms with Crippen molar-refractivity contribution in [1.82, 2.24) is 15.0 Å². The van der Waals surface area contributed by atoms with Crippen molar-refractivity contribution in [2.75, 3.05) is 25.0 Å². The number of amides is 1. The number of aryl methyl sites for hydroxylation is 2. The van der Waals surface area contributed by atoms with Gasteiger partial charge in [-0.2, -0.15) is 0 Å². The van der Waals surface area contributed by atoms with E-state index in [-0.39, 0.29) is 23.8 Å². The highest BCUT2D eigenvalue weighted by molar-refractivity contribution is 5.92. The van der Waals surface area contributed by atoms with Gasteiger partial charge in [-0.15, -0.1) is 0 Å². The van der Waals surface area contributed by atoms with E-state index in [4.69, 9.17) is 9.26 Å². The zero-order valence-corrected chi connectivity index (χ0v) is 14.4. The Bertz CT molecular complexity index is 741. The summed E-state index contributed by atoms with van der Waals surface area (Å²) in [5.74, 6) is 0.970. The van der Waals surface area contributed by atoms with Gasteiger partial charge in [-0.05, 0) is 26.0 Å². The number of nitrogens with zero attached hydrogens (tertiary/aromatic N) is 3. The summed E-state index contributed by atoms with van der Waals surface area (Å²) >= 11 is 0. The molecule has 2 saturated heterocycles. The molecule has 4 heterocycles. The van der Waals surface area contributed by atoms with Crippen LogP contribution in [0.15, 0.2) is 29.0 Å². The molecule has 0 aliphatic carbocycles. The van der Waals surface area contributed by atoms with Crippen LogP contribution in [-0.4, -0.2) is 46.7 Å². The topological polar surface area (TPSA) is 80.5 Å². The van der Waals surface area contributed by atoms with Crippen LogP contribution in [0.1, 0.15) is 17.0 Å². The van der Waals surface area contributed by atoms with Crippen LogP contribution in [0.2, 0.25) is 0 Å². The summed E-state index contributed by atoms with van der Waals surface area (Å²) in [5.41, 5.74) is 2.79. The fourth-order valence-corrected chi connectivity index (χ4v) is 3.82. The summed E-state index contributed by atoms with van der Waals surface area (Å²) in [6, 6.07) is 3.65. The summed E-state index contributed by atoms with van der Waals surface area (Å²) in [7, 11) is 0. The van der Waals surface area contributed by atoms with Crippen molar-refractivity contribution in [2.24, 2.45) is 11.8 Å². The third-order valence-electron chi connectivity index (χ3n) is 5.22. The highest BCUT2D eigenvalue weighted by atomic mass is 16.5. The molecule has 0 radical (unpaired) electrons. The molecule has 7 nitrogen and oxygen atoms in total. The van der Waals surface area contributed by atoms with Crippen LogP contribution in [0, 0.1) is 25.7 Å². The number of rotatable bonds is 4. The van der Waals surface area contributed by atoms with Crippen LogP contribution in [0.25, 0.3) is 0 Å². The first kappa shape index (κ1) is 16.2. The molecule has 2 aliphatic heterocycles. The lowest BCUT2D eigenvalue weighted by Crippen LogP contribution is -2.32. The number of ether oxygens (including phenoxy) is 1. The van der Waals surface area contributed by atoms with E-state index in [2.05, 4.69) is 20.4 Å². The van der Waals surface area contributed by atoms with Gasteiger partial charge in [-0.1, -0.05) is 5.16 Å². The van der Waals surface area contributed by atoms with E-state index in [0.717, 1.165) is 42.3 Å². The van der Waals surface area contributed by atoms with Crippen LogP contribution in [0.5, 0.6) is 0 Å². The van der Waals surface area contributed by atoms with Gasteiger partial charge in [0.15, 0.2) is 0 Å². The monoisotopic (exact) mass is 342 g/mol. The van der Waals surface area contributed by atoms with Crippen LogP contribution in [-0.2, 0) is 16.1 Å². The average Bonchev–Trinajstić information content (AvgIpc) is 3.26. The van der Waals surface area contributed by atoms with Crippen LogP contribution in [0.4, 0.5) is 5.69 Å². The van der Waals surface area contributed by atoms with Gasteiger partial charge >= 0.3 is 0 Å². The van der Waals surface area contributed by atoms with Crippen molar-refractivity contribution < 1.29 is 14.1 Å².